The van der Waals surface area contributed by atoms with Gasteiger partial charge in [-0.3, -0.25) is 4.79 Å². The number of benzene rings is 2. The van der Waals surface area contributed by atoms with Gasteiger partial charge in [0.2, 0.25) is 5.91 Å². The number of hydrogen-bond donors (Lipinski definition) is 0. The minimum atomic E-state index is 0.221. The zero-order valence-corrected chi connectivity index (χ0v) is 13.3. The Morgan fingerprint density at radius 2 is 1.64 bits per heavy atom. The molecule has 1 unspecified atom stereocenters. The Labute approximate surface area is 132 Å². The molecule has 0 aliphatic carbocycles. The average Bonchev–Trinajstić information content (AvgIpc) is 2.84. The first-order valence-electron chi connectivity index (χ1n) is 8.10. The van der Waals surface area contributed by atoms with Crippen LogP contribution in [-0.2, 0) is 11.2 Å². The van der Waals surface area contributed by atoms with Crippen molar-refractivity contribution >= 4 is 5.91 Å². The molecule has 2 nitrogen and oxygen atoms in total. The molecule has 0 spiro atoms. The van der Waals surface area contributed by atoms with E-state index in [0.29, 0.717) is 11.9 Å². The molecule has 2 heteroatoms. The van der Waals surface area contributed by atoms with Crippen molar-refractivity contribution in [3.05, 3.63) is 60.2 Å². The van der Waals surface area contributed by atoms with Gasteiger partial charge < -0.3 is 4.90 Å². The van der Waals surface area contributed by atoms with Gasteiger partial charge in [-0.05, 0) is 36.0 Å². The number of hydrogen-bond acceptors (Lipinski definition) is 1. The molecular weight excluding hydrogens is 270 g/mol. The molecule has 114 valence electrons. The Morgan fingerprint density at radius 3 is 2.23 bits per heavy atom. The third kappa shape index (κ3) is 2.92. The Kier molecular flexibility index (Phi) is 4.28. The third-order valence-corrected chi connectivity index (χ3v) is 4.83. The van der Waals surface area contributed by atoms with Gasteiger partial charge in [0.05, 0.1) is 0 Å². The molecule has 3 rings (SSSR count). The highest BCUT2D eigenvalue weighted by atomic mass is 16.2. The standard InChI is InChI=1S/C20H23NO/c1-3-16-14-19(21(2)20(16)22)13-15-9-11-18(12-10-15)17-7-5-4-6-8-17/h4-12,16,19H,3,13-14H2,1-2H3/t16?,19-/m1/s1. The monoisotopic (exact) mass is 293 g/mol. The van der Waals surface area contributed by atoms with Gasteiger partial charge in [0.25, 0.3) is 0 Å². The molecule has 1 fully saturated rings. The van der Waals surface area contributed by atoms with E-state index in [-0.39, 0.29) is 5.92 Å². The summed E-state index contributed by atoms with van der Waals surface area (Å²) in [6.45, 7) is 2.10. The maximum Gasteiger partial charge on any atom is 0.225 e. The molecule has 1 heterocycles. The second-order valence-electron chi connectivity index (χ2n) is 6.21. The average molecular weight is 293 g/mol. The number of amides is 1. The van der Waals surface area contributed by atoms with Crippen molar-refractivity contribution in [3.63, 3.8) is 0 Å². The van der Waals surface area contributed by atoms with E-state index in [2.05, 4.69) is 55.5 Å². The van der Waals surface area contributed by atoms with Crippen molar-refractivity contribution in [1.29, 1.82) is 0 Å². The van der Waals surface area contributed by atoms with Gasteiger partial charge in [0, 0.05) is 19.0 Å². The van der Waals surface area contributed by atoms with Crippen LogP contribution in [0.15, 0.2) is 54.6 Å². The third-order valence-electron chi connectivity index (χ3n) is 4.83. The van der Waals surface area contributed by atoms with Gasteiger partial charge in [-0.15, -0.1) is 0 Å². The van der Waals surface area contributed by atoms with Crippen LogP contribution >= 0.6 is 0 Å². The molecule has 0 aromatic heterocycles. The van der Waals surface area contributed by atoms with Crippen molar-refractivity contribution in [2.45, 2.75) is 32.2 Å². The second-order valence-corrected chi connectivity index (χ2v) is 6.21. The smallest absolute Gasteiger partial charge is 0.225 e. The minimum Gasteiger partial charge on any atom is -0.342 e. The SMILES string of the molecule is CCC1C[C@@H](Cc2ccc(-c3ccccc3)cc2)N(C)C1=O. The van der Waals surface area contributed by atoms with Crippen LogP contribution in [-0.4, -0.2) is 23.9 Å². The molecular formula is C20H23NO. The van der Waals surface area contributed by atoms with Crippen LogP contribution in [0.4, 0.5) is 0 Å². The fourth-order valence-corrected chi connectivity index (χ4v) is 3.35. The summed E-state index contributed by atoms with van der Waals surface area (Å²) in [5, 5.41) is 0. The summed E-state index contributed by atoms with van der Waals surface area (Å²) in [6, 6.07) is 19.5. The van der Waals surface area contributed by atoms with E-state index in [4.69, 9.17) is 0 Å². The maximum atomic E-state index is 12.1. The van der Waals surface area contributed by atoms with Crippen molar-refractivity contribution in [1.82, 2.24) is 4.90 Å². The van der Waals surface area contributed by atoms with E-state index < -0.39 is 0 Å². The maximum absolute atomic E-state index is 12.1. The van der Waals surface area contributed by atoms with Gasteiger partial charge in [-0.1, -0.05) is 61.5 Å². The van der Waals surface area contributed by atoms with E-state index in [0.717, 1.165) is 19.3 Å². The lowest BCUT2D eigenvalue weighted by Crippen LogP contribution is -2.31. The second kappa shape index (κ2) is 6.35. The summed E-state index contributed by atoms with van der Waals surface area (Å²) in [5.41, 5.74) is 3.79. The van der Waals surface area contributed by atoms with Crippen LogP contribution in [0, 0.1) is 5.92 Å². The number of likely N-dealkylation sites (N-methyl/N-ethyl adjacent to an activating group) is 1. The lowest BCUT2D eigenvalue weighted by molar-refractivity contribution is -0.130. The molecule has 1 aliphatic rings. The lowest BCUT2D eigenvalue weighted by Gasteiger charge is -2.19. The fraction of sp³-hybridized carbons (Fsp3) is 0.350. The van der Waals surface area contributed by atoms with Crippen LogP contribution in [0.25, 0.3) is 11.1 Å². The van der Waals surface area contributed by atoms with Crippen LogP contribution < -0.4 is 0 Å². The lowest BCUT2D eigenvalue weighted by atomic mass is 9.97. The van der Waals surface area contributed by atoms with Crippen molar-refractivity contribution in [3.8, 4) is 11.1 Å². The summed E-state index contributed by atoms with van der Waals surface area (Å²) >= 11 is 0. The van der Waals surface area contributed by atoms with Crippen LogP contribution in [0.2, 0.25) is 0 Å². The Morgan fingerprint density at radius 1 is 1.00 bits per heavy atom. The number of carbonyl (C=O) groups excluding carboxylic acids is 1. The Balaban J connectivity index is 1.71. The summed E-state index contributed by atoms with van der Waals surface area (Å²) in [5.74, 6) is 0.534. The van der Waals surface area contributed by atoms with Gasteiger partial charge in [-0.2, -0.15) is 0 Å². The topological polar surface area (TPSA) is 20.3 Å². The first-order chi connectivity index (χ1) is 10.7. The van der Waals surface area contributed by atoms with Crippen molar-refractivity contribution in [2.75, 3.05) is 7.05 Å². The van der Waals surface area contributed by atoms with Crippen LogP contribution in [0.1, 0.15) is 25.3 Å². The predicted octanol–water partition coefficient (Wildman–Crippen LogP) is 4.15. The molecule has 22 heavy (non-hydrogen) atoms. The van der Waals surface area contributed by atoms with E-state index >= 15 is 0 Å². The van der Waals surface area contributed by atoms with E-state index in [1.165, 1.54) is 16.7 Å². The molecule has 2 aromatic rings. The van der Waals surface area contributed by atoms with E-state index in [9.17, 15) is 4.79 Å². The van der Waals surface area contributed by atoms with Gasteiger partial charge in [-0.25, -0.2) is 0 Å². The molecule has 0 N–H and O–H groups in total. The fourth-order valence-electron chi connectivity index (χ4n) is 3.35. The highest BCUT2D eigenvalue weighted by Gasteiger charge is 2.35. The van der Waals surface area contributed by atoms with Gasteiger partial charge in [0.1, 0.15) is 0 Å². The Hall–Kier alpha value is -2.09. The molecule has 1 aliphatic heterocycles. The van der Waals surface area contributed by atoms with Crippen molar-refractivity contribution in [2.24, 2.45) is 5.92 Å². The first-order valence-corrected chi connectivity index (χ1v) is 8.10. The highest BCUT2D eigenvalue weighted by Crippen LogP contribution is 2.28. The molecule has 2 atom stereocenters. The van der Waals surface area contributed by atoms with Crippen molar-refractivity contribution < 1.29 is 4.79 Å². The zero-order chi connectivity index (χ0) is 15.5. The highest BCUT2D eigenvalue weighted by molar-refractivity contribution is 5.81. The molecule has 1 saturated heterocycles. The van der Waals surface area contributed by atoms with E-state index in [1.54, 1.807) is 0 Å². The molecule has 0 saturated carbocycles. The van der Waals surface area contributed by atoms with E-state index in [1.807, 2.05) is 18.0 Å². The normalized spacial score (nSPS) is 21.4. The number of likely N-dealkylation sites (tertiary alicyclic amines) is 1. The molecule has 2 aromatic carbocycles. The summed E-state index contributed by atoms with van der Waals surface area (Å²) < 4.78 is 0. The first kappa shape index (κ1) is 14.8. The largest absolute Gasteiger partial charge is 0.342 e. The predicted molar refractivity (Wildman–Crippen MR) is 90.5 cm³/mol. The summed E-state index contributed by atoms with van der Waals surface area (Å²) in [6.07, 6.45) is 2.90. The molecule has 0 radical (unpaired) electrons. The number of carbonyl (C=O) groups is 1. The Bertz CT molecular complexity index is 633. The summed E-state index contributed by atoms with van der Waals surface area (Å²) in [7, 11) is 1.95. The summed E-state index contributed by atoms with van der Waals surface area (Å²) in [4.78, 5) is 14.0. The molecule has 1 amide bonds. The quantitative estimate of drug-likeness (QED) is 0.829. The van der Waals surface area contributed by atoms with Crippen LogP contribution in [0.3, 0.4) is 0 Å². The minimum absolute atomic E-state index is 0.221. The number of nitrogens with zero attached hydrogens (tertiary/aromatic N) is 1. The molecule has 0 bridgehead atoms. The van der Waals surface area contributed by atoms with Gasteiger partial charge >= 0.3 is 0 Å². The van der Waals surface area contributed by atoms with Gasteiger partial charge in [0.15, 0.2) is 0 Å². The zero-order valence-electron chi connectivity index (χ0n) is 13.3. The number of rotatable bonds is 4. The van der Waals surface area contributed by atoms with Crippen LogP contribution in [0.5, 0.6) is 0 Å².